The second kappa shape index (κ2) is 4.77. The lowest BCUT2D eigenvalue weighted by molar-refractivity contribution is 0.749. The summed E-state index contributed by atoms with van der Waals surface area (Å²) in [6.07, 6.45) is 4.37. The first-order valence-electron chi connectivity index (χ1n) is 7.13. The number of nitrogens with zero attached hydrogens (tertiary/aromatic N) is 5. The zero-order valence-electron chi connectivity index (χ0n) is 11.8. The third-order valence-corrected chi connectivity index (χ3v) is 3.62. The van der Waals surface area contributed by atoms with Crippen LogP contribution < -0.4 is 0 Å². The van der Waals surface area contributed by atoms with Crippen LogP contribution in [0.4, 0.5) is 0 Å². The standard InChI is InChI=1S/C16H15N5/c1-11-9-14(12-5-3-2-4-6-12)18-16(17-11)21-10-15(19-20-21)13-7-8-13/h2-6,9-10,13H,7-8H2,1H3. The van der Waals surface area contributed by atoms with E-state index in [-0.39, 0.29) is 0 Å². The van der Waals surface area contributed by atoms with Crippen LogP contribution in [0.5, 0.6) is 0 Å². The van der Waals surface area contributed by atoms with E-state index in [9.17, 15) is 0 Å². The first-order valence-corrected chi connectivity index (χ1v) is 7.13. The highest BCUT2D eigenvalue weighted by Crippen LogP contribution is 2.38. The summed E-state index contributed by atoms with van der Waals surface area (Å²) in [6, 6.07) is 12.1. The molecule has 1 aromatic carbocycles. The fourth-order valence-corrected chi connectivity index (χ4v) is 2.35. The van der Waals surface area contributed by atoms with Crippen molar-refractivity contribution in [1.82, 2.24) is 25.0 Å². The van der Waals surface area contributed by atoms with Gasteiger partial charge in [-0.3, -0.25) is 0 Å². The minimum atomic E-state index is 0.577. The van der Waals surface area contributed by atoms with Gasteiger partial charge in [0.2, 0.25) is 0 Å². The molecule has 0 atom stereocenters. The van der Waals surface area contributed by atoms with Crippen molar-refractivity contribution in [2.75, 3.05) is 0 Å². The van der Waals surface area contributed by atoms with Crippen LogP contribution in [0, 0.1) is 6.92 Å². The number of aromatic nitrogens is 5. The first kappa shape index (κ1) is 12.2. The fourth-order valence-electron chi connectivity index (χ4n) is 2.35. The van der Waals surface area contributed by atoms with E-state index >= 15 is 0 Å². The van der Waals surface area contributed by atoms with Gasteiger partial charge >= 0.3 is 0 Å². The lowest BCUT2D eigenvalue weighted by Crippen LogP contribution is -2.04. The second-order valence-corrected chi connectivity index (χ2v) is 5.42. The van der Waals surface area contributed by atoms with E-state index < -0.39 is 0 Å². The Kier molecular flexibility index (Phi) is 2.77. The zero-order valence-corrected chi connectivity index (χ0v) is 11.8. The molecule has 0 amide bonds. The van der Waals surface area contributed by atoms with E-state index in [1.165, 1.54) is 12.8 Å². The highest BCUT2D eigenvalue weighted by Gasteiger charge is 2.27. The van der Waals surface area contributed by atoms with E-state index in [1.54, 1.807) is 4.68 Å². The van der Waals surface area contributed by atoms with Crippen molar-refractivity contribution in [3.05, 3.63) is 54.0 Å². The van der Waals surface area contributed by atoms with Crippen LogP contribution in [-0.2, 0) is 0 Å². The van der Waals surface area contributed by atoms with Gasteiger partial charge < -0.3 is 0 Å². The lowest BCUT2D eigenvalue weighted by Gasteiger charge is -2.05. The number of benzene rings is 1. The topological polar surface area (TPSA) is 56.5 Å². The molecule has 0 spiro atoms. The Morgan fingerprint density at radius 1 is 1.10 bits per heavy atom. The lowest BCUT2D eigenvalue weighted by atomic mass is 10.1. The van der Waals surface area contributed by atoms with Crippen LogP contribution in [0.3, 0.4) is 0 Å². The molecular weight excluding hydrogens is 262 g/mol. The minimum Gasteiger partial charge on any atom is -0.216 e. The van der Waals surface area contributed by atoms with E-state index in [0.29, 0.717) is 11.9 Å². The molecule has 1 aliphatic carbocycles. The maximum absolute atomic E-state index is 4.62. The maximum atomic E-state index is 4.62. The molecule has 1 saturated carbocycles. The normalized spacial score (nSPS) is 14.3. The molecule has 1 aliphatic rings. The number of aryl methyl sites for hydroxylation is 1. The number of hydrogen-bond donors (Lipinski definition) is 0. The molecule has 0 bridgehead atoms. The molecule has 104 valence electrons. The Morgan fingerprint density at radius 3 is 2.67 bits per heavy atom. The van der Waals surface area contributed by atoms with Crippen LogP contribution in [0.1, 0.15) is 30.1 Å². The van der Waals surface area contributed by atoms with Gasteiger partial charge in [-0.15, -0.1) is 5.10 Å². The predicted octanol–water partition coefficient (Wildman–Crippen LogP) is 2.91. The van der Waals surface area contributed by atoms with E-state index in [2.05, 4.69) is 20.3 Å². The fraction of sp³-hybridized carbons (Fsp3) is 0.250. The third kappa shape index (κ3) is 2.42. The van der Waals surface area contributed by atoms with Crippen molar-refractivity contribution >= 4 is 0 Å². The van der Waals surface area contributed by atoms with Gasteiger partial charge in [0.05, 0.1) is 17.6 Å². The molecule has 2 heterocycles. The molecule has 0 saturated heterocycles. The molecule has 5 heteroatoms. The molecule has 21 heavy (non-hydrogen) atoms. The molecule has 5 nitrogen and oxygen atoms in total. The van der Waals surface area contributed by atoms with Gasteiger partial charge in [0.15, 0.2) is 0 Å². The number of rotatable bonds is 3. The Balaban J connectivity index is 1.76. The van der Waals surface area contributed by atoms with E-state index in [4.69, 9.17) is 0 Å². The van der Waals surface area contributed by atoms with Gasteiger partial charge in [0.1, 0.15) is 0 Å². The summed E-state index contributed by atoms with van der Waals surface area (Å²) in [5.41, 5.74) is 3.94. The van der Waals surface area contributed by atoms with Gasteiger partial charge in [0.25, 0.3) is 5.95 Å². The van der Waals surface area contributed by atoms with Crippen molar-refractivity contribution in [3.8, 4) is 17.2 Å². The van der Waals surface area contributed by atoms with Crippen LogP contribution in [0.15, 0.2) is 42.6 Å². The van der Waals surface area contributed by atoms with Gasteiger partial charge in [-0.1, -0.05) is 35.5 Å². The smallest absolute Gasteiger partial charge is 0.216 e. The molecule has 3 aromatic rings. The van der Waals surface area contributed by atoms with Gasteiger partial charge in [-0.2, -0.15) is 4.68 Å². The van der Waals surface area contributed by atoms with Crippen LogP contribution in [-0.4, -0.2) is 25.0 Å². The van der Waals surface area contributed by atoms with Crippen molar-refractivity contribution < 1.29 is 0 Å². The van der Waals surface area contributed by atoms with Gasteiger partial charge in [-0.25, -0.2) is 9.97 Å². The molecule has 0 radical (unpaired) electrons. The molecule has 2 aromatic heterocycles. The summed E-state index contributed by atoms with van der Waals surface area (Å²) in [6.45, 7) is 1.97. The summed E-state index contributed by atoms with van der Waals surface area (Å²) >= 11 is 0. The van der Waals surface area contributed by atoms with Crippen molar-refractivity contribution in [3.63, 3.8) is 0 Å². The van der Waals surface area contributed by atoms with E-state index in [0.717, 1.165) is 22.6 Å². The number of hydrogen-bond acceptors (Lipinski definition) is 4. The van der Waals surface area contributed by atoms with Gasteiger partial charge in [-0.05, 0) is 25.8 Å². The predicted molar refractivity (Wildman–Crippen MR) is 79.1 cm³/mol. The summed E-state index contributed by atoms with van der Waals surface area (Å²) in [4.78, 5) is 9.09. The van der Waals surface area contributed by atoms with E-state index in [1.807, 2.05) is 49.5 Å². The Labute approximate surface area is 122 Å². The summed E-state index contributed by atoms with van der Waals surface area (Å²) in [7, 11) is 0. The molecule has 0 unspecified atom stereocenters. The van der Waals surface area contributed by atoms with Crippen LogP contribution in [0.2, 0.25) is 0 Å². The molecule has 0 N–H and O–H groups in total. The first-order chi connectivity index (χ1) is 10.3. The molecular formula is C16H15N5. The third-order valence-electron chi connectivity index (χ3n) is 3.62. The summed E-state index contributed by atoms with van der Waals surface area (Å²) in [5, 5.41) is 8.38. The highest BCUT2D eigenvalue weighted by atomic mass is 15.5. The van der Waals surface area contributed by atoms with Crippen LogP contribution in [0.25, 0.3) is 17.2 Å². The quantitative estimate of drug-likeness (QED) is 0.738. The minimum absolute atomic E-state index is 0.577. The summed E-state index contributed by atoms with van der Waals surface area (Å²) in [5.74, 6) is 1.16. The van der Waals surface area contributed by atoms with Crippen molar-refractivity contribution in [2.45, 2.75) is 25.7 Å². The largest absolute Gasteiger partial charge is 0.252 e. The maximum Gasteiger partial charge on any atom is 0.252 e. The van der Waals surface area contributed by atoms with Crippen molar-refractivity contribution in [2.24, 2.45) is 0 Å². The summed E-state index contributed by atoms with van der Waals surface area (Å²) < 4.78 is 1.67. The zero-order chi connectivity index (χ0) is 14.2. The van der Waals surface area contributed by atoms with Gasteiger partial charge in [0, 0.05) is 17.2 Å². The highest BCUT2D eigenvalue weighted by molar-refractivity contribution is 5.59. The Bertz CT molecular complexity index is 774. The Hall–Kier alpha value is -2.56. The Morgan fingerprint density at radius 2 is 1.90 bits per heavy atom. The molecule has 0 aliphatic heterocycles. The second-order valence-electron chi connectivity index (χ2n) is 5.42. The average Bonchev–Trinajstić information content (AvgIpc) is 3.25. The monoisotopic (exact) mass is 277 g/mol. The van der Waals surface area contributed by atoms with Crippen molar-refractivity contribution in [1.29, 1.82) is 0 Å². The molecule has 1 fully saturated rings. The SMILES string of the molecule is Cc1cc(-c2ccccc2)nc(-n2cc(C3CC3)nn2)n1. The average molecular weight is 277 g/mol. The van der Waals surface area contributed by atoms with Crippen LogP contribution >= 0.6 is 0 Å². The molecule has 4 rings (SSSR count).